The molecule has 0 saturated carbocycles. The van der Waals surface area contributed by atoms with Crippen LogP contribution in [0.15, 0.2) is 426 Å². The van der Waals surface area contributed by atoms with Gasteiger partial charge in [0, 0.05) is 72.1 Å². The van der Waals surface area contributed by atoms with E-state index in [0.717, 1.165) is 147 Å². The van der Waals surface area contributed by atoms with Crippen molar-refractivity contribution in [3.8, 4) is 112 Å². The summed E-state index contributed by atoms with van der Waals surface area (Å²) in [7, 11) is 0. The number of benzene rings is 12. The molecule has 7 heterocycles. The van der Waals surface area contributed by atoms with Crippen LogP contribution in [-0.2, 0) is 68.6 Å². The van der Waals surface area contributed by atoms with E-state index in [2.05, 4.69) is 290 Å². The Kier molecular flexibility index (Phi) is 27.1. The first-order valence-corrected chi connectivity index (χ1v) is 39.8. The third kappa shape index (κ3) is 19.2. The monoisotopic (exact) mass is 2120 g/mol. The van der Waals surface area contributed by atoms with Crippen LogP contribution >= 0.6 is 0 Å². The SMILES string of the molecule is CC1(C)c2ccccc2-c2ccc(N(c3[c-]c(-c4ccccn4)ccc3)c3[c-]c(-c4ccccn4)ccc3)cc21.[Pt+2].[Pt+2].[Pt+2].[c-]1c(-c2ccccn2)cc(-c2ccccc2)cc1N(c1[c-]c(-c2ccccn2)cc(-c2ccccc2)c1)c1ccc(-c2ccccc2)cc1.[c-]1c(-c2ccccn2)cccc1N(c1[c-]c(-c2ccccn2)ccc1)c1ccncc1. The molecule has 0 atom stereocenters. The van der Waals surface area contributed by atoms with Crippen LogP contribution in [0.25, 0.3) is 112 Å². The Morgan fingerprint density at radius 3 is 0.870 bits per heavy atom. The summed E-state index contributed by atoms with van der Waals surface area (Å²) in [6.07, 6.45) is 14.4. The fourth-order valence-electron chi connectivity index (χ4n) is 15.3. The first kappa shape index (κ1) is 84.2. The van der Waals surface area contributed by atoms with Crippen molar-refractivity contribution in [2.24, 2.45) is 0 Å². The molecule has 0 N–H and O–H groups in total. The first-order valence-electron chi connectivity index (χ1n) is 39.8. The number of rotatable bonds is 18. The van der Waals surface area contributed by atoms with Crippen LogP contribution in [0.2, 0.25) is 0 Å². The molecule has 12 aromatic carbocycles. The number of nitrogens with zero attached hydrogens (tertiary/aromatic N) is 10. The van der Waals surface area contributed by atoms with Gasteiger partial charge in [-0.25, -0.2) is 0 Å². The Balaban J connectivity index is 0.000000145. The Morgan fingerprint density at radius 1 is 0.203 bits per heavy atom. The summed E-state index contributed by atoms with van der Waals surface area (Å²) in [5, 5.41) is 0. The maximum Gasteiger partial charge on any atom is 2.00 e. The average Bonchev–Trinajstić information content (AvgIpc) is 1.59. The molecule has 0 aliphatic heterocycles. The molecule has 19 aromatic rings. The number of pyridine rings is 7. The van der Waals surface area contributed by atoms with Crippen LogP contribution in [0.5, 0.6) is 0 Å². The fourth-order valence-corrected chi connectivity index (χ4v) is 15.3. The zero-order valence-electron chi connectivity index (χ0n) is 66.8. The van der Waals surface area contributed by atoms with Crippen molar-refractivity contribution in [1.29, 1.82) is 0 Å². The molecule has 596 valence electrons. The van der Waals surface area contributed by atoms with Crippen molar-refractivity contribution in [1.82, 2.24) is 34.9 Å². The van der Waals surface area contributed by atoms with Crippen LogP contribution in [0.4, 0.5) is 51.2 Å². The molecule has 1 aliphatic rings. The minimum Gasteiger partial charge on any atom is -0.346 e. The maximum atomic E-state index is 4.72. The summed E-state index contributed by atoms with van der Waals surface area (Å²) in [5.41, 5.74) is 31.1. The number of anilines is 9. The van der Waals surface area contributed by atoms with Gasteiger partial charge in [-0.3, -0.25) is 4.98 Å². The number of aromatic nitrogens is 7. The maximum absolute atomic E-state index is 4.72. The van der Waals surface area contributed by atoms with Gasteiger partial charge in [-0.2, -0.15) is 0 Å². The van der Waals surface area contributed by atoms with Gasteiger partial charge in [0.05, 0.1) is 0 Å². The van der Waals surface area contributed by atoms with Crippen LogP contribution in [-0.4, -0.2) is 34.9 Å². The van der Waals surface area contributed by atoms with Crippen molar-refractivity contribution >= 4 is 51.2 Å². The summed E-state index contributed by atoms with van der Waals surface area (Å²) in [5.74, 6) is 0. The quantitative estimate of drug-likeness (QED) is 0.0772. The van der Waals surface area contributed by atoms with Crippen molar-refractivity contribution in [2.45, 2.75) is 19.3 Å². The minimum atomic E-state index is -0.105. The van der Waals surface area contributed by atoms with Crippen LogP contribution in [0.1, 0.15) is 25.0 Å². The van der Waals surface area contributed by atoms with Crippen molar-refractivity contribution in [2.75, 3.05) is 14.7 Å². The fraction of sp³-hybridized carbons (Fsp3) is 0.0273. The molecule has 20 rings (SSSR count). The summed E-state index contributed by atoms with van der Waals surface area (Å²) in [6, 6.07) is 150. The average molecular weight is 2120 g/mol. The van der Waals surface area contributed by atoms with Gasteiger partial charge in [0.1, 0.15) is 0 Å². The van der Waals surface area contributed by atoms with Gasteiger partial charge >= 0.3 is 63.2 Å². The standard InChI is InChI=1S/C46H31N3.C37H27N3.C27H18N4.3Pt/c1-4-14-34(15-5-1)37-22-24-42(25-23-37)49(43-30-38(35-16-6-2-7-17-35)28-40(32-43)45-20-10-12-26-47-45)44-31-39(36-18-8-3-9-19-36)29-41(33-44)46-21-11-13-27-48-46;1-37(2)33-16-4-3-15-31(33)32-20-19-30(25-34(32)37)40(28-13-9-11-26(23-28)35-17-5-7-21-38-35)29-14-10-12-27(24-29)36-18-6-8-22-39-36;1-3-15-29-26(11-1)21-7-5-9-24(19-21)31(23-13-17-28-18-14-23)25-10-6-8-22(20-25)27-12-2-4-16-30-27;;;/h1-31H;3-22,25H,1-2H3;1-18H;;;/q3*-2;3*+2. The van der Waals surface area contributed by atoms with Gasteiger partial charge in [-0.1, -0.05) is 231 Å². The van der Waals surface area contributed by atoms with Crippen molar-refractivity contribution in [3.63, 3.8) is 0 Å². The van der Waals surface area contributed by atoms with E-state index >= 15 is 0 Å². The molecular formula is C110H76N10Pt3. The van der Waals surface area contributed by atoms with Gasteiger partial charge in [0.25, 0.3) is 0 Å². The third-order valence-electron chi connectivity index (χ3n) is 21.1. The van der Waals surface area contributed by atoms with Crippen LogP contribution < -0.4 is 14.7 Å². The van der Waals surface area contributed by atoms with Crippen LogP contribution in [0.3, 0.4) is 0 Å². The second kappa shape index (κ2) is 39.6. The van der Waals surface area contributed by atoms with E-state index in [9.17, 15) is 0 Å². The first-order chi connectivity index (χ1) is 59.3. The Labute approximate surface area is 762 Å². The summed E-state index contributed by atoms with van der Waals surface area (Å²) < 4.78 is 0. The van der Waals surface area contributed by atoms with E-state index in [1.54, 1.807) is 24.8 Å². The molecule has 1 aliphatic carbocycles. The molecule has 7 aromatic heterocycles. The van der Waals surface area contributed by atoms with E-state index in [4.69, 9.17) is 9.97 Å². The second-order valence-corrected chi connectivity index (χ2v) is 29.2. The van der Waals surface area contributed by atoms with Gasteiger partial charge in [0.15, 0.2) is 0 Å². The molecular weight excluding hydrogens is 2050 g/mol. The van der Waals surface area contributed by atoms with Gasteiger partial charge < -0.3 is 44.6 Å². The largest absolute Gasteiger partial charge is 2.00 e. The zero-order chi connectivity index (χ0) is 80.8. The Bertz CT molecular complexity index is 6270. The second-order valence-electron chi connectivity index (χ2n) is 29.2. The topological polar surface area (TPSA) is 100.0 Å². The number of fused-ring (bicyclic) bond motifs is 3. The Hall–Kier alpha value is -13.8. The summed E-state index contributed by atoms with van der Waals surface area (Å²) in [6.45, 7) is 4.63. The van der Waals surface area contributed by atoms with Gasteiger partial charge in [-0.15, -0.1) is 167 Å². The molecule has 0 bridgehead atoms. The normalized spacial score (nSPS) is 11.2. The molecule has 123 heavy (non-hydrogen) atoms. The van der Waals surface area contributed by atoms with E-state index in [-0.39, 0.29) is 68.6 Å². The molecule has 0 radical (unpaired) electrons. The minimum absolute atomic E-state index is 0. The van der Waals surface area contributed by atoms with Crippen molar-refractivity contribution < 1.29 is 63.2 Å². The zero-order valence-corrected chi connectivity index (χ0v) is 73.7. The molecule has 0 spiro atoms. The van der Waals surface area contributed by atoms with Gasteiger partial charge in [0.2, 0.25) is 0 Å². The summed E-state index contributed by atoms with van der Waals surface area (Å²) >= 11 is 0. The molecule has 0 fully saturated rings. The molecule has 13 heteroatoms. The molecule has 0 unspecified atom stereocenters. The smallest absolute Gasteiger partial charge is 0.346 e. The number of hydrogen-bond donors (Lipinski definition) is 0. The predicted octanol–water partition coefficient (Wildman–Crippen LogP) is 27.3. The van der Waals surface area contributed by atoms with Crippen molar-refractivity contribution in [3.05, 3.63) is 473 Å². The molecule has 10 nitrogen and oxygen atoms in total. The third-order valence-corrected chi connectivity index (χ3v) is 21.1. The summed E-state index contributed by atoms with van der Waals surface area (Å²) in [4.78, 5) is 38.3. The van der Waals surface area contributed by atoms with Crippen LogP contribution in [0, 0.1) is 36.4 Å². The van der Waals surface area contributed by atoms with E-state index in [0.29, 0.717) is 0 Å². The van der Waals surface area contributed by atoms with E-state index in [1.165, 1.54) is 27.8 Å². The Morgan fingerprint density at radius 2 is 0.496 bits per heavy atom. The van der Waals surface area contributed by atoms with E-state index in [1.807, 2.05) is 201 Å². The predicted molar refractivity (Wildman–Crippen MR) is 487 cm³/mol. The number of hydrogen-bond acceptors (Lipinski definition) is 10. The van der Waals surface area contributed by atoms with E-state index < -0.39 is 0 Å². The molecule has 0 saturated heterocycles. The van der Waals surface area contributed by atoms with Gasteiger partial charge in [-0.05, 0) is 186 Å². The molecule has 0 amide bonds.